The Labute approximate surface area is 80.4 Å². The van der Waals surface area contributed by atoms with E-state index in [-0.39, 0.29) is 5.76 Å². The van der Waals surface area contributed by atoms with E-state index in [1.165, 1.54) is 14.2 Å². The van der Waals surface area contributed by atoms with Gasteiger partial charge in [0.05, 0.1) is 14.2 Å². The van der Waals surface area contributed by atoms with Crippen molar-refractivity contribution in [1.82, 2.24) is 0 Å². The second-order valence-electron chi connectivity index (χ2n) is 2.52. The molecule has 0 aromatic heterocycles. The molecule has 2 atom stereocenters. The van der Waals surface area contributed by atoms with E-state index in [2.05, 4.69) is 20.8 Å². The second-order valence-corrected chi connectivity index (χ2v) is 2.52. The summed E-state index contributed by atoms with van der Waals surface area (Å²) in [5.41, 5.74) is 0. The zero-order valence-corrected chi connectivity index (χ0v) is 7.81. The van der Waals surface area contributed by atoms with E-state index < -0.39 is 24.3 Å². The smallest absolute Gasteiger partial charge is 0.498 e. The Balaban J connectivity index is 2.77. The number of hydrogen-bond donors (Lipinski definition) is 0. The van der Waals surface area contributed by atoms with Crippen molar-refractivity contribution < 1.29 is 28.5 Å². The van der Waals surface area contributed by atoms with Gasteiger partial charge in [0.25, 0.3) is 0 Å². The van der Waals surface area contributed by atoms with E-state index in [1.807, 2.05) is 0 Å². The van der Waals surface area contributed by atoms with E-state index in [1.54, 1.807) is 0 Å². The summed E-state index contributed by atoms with van der Waals surface area (Å²) in [5, 5.41) is 0. The van der Waals surface area contributed by atoms with Gasteiger partial charge in [-0.15, -0.1) is 0 Å². The summed E-state index contributed by atoms with van der Waals surface area (Å²) in [6.45, 7) is 3.47. The maximum absolute atomic E-state index is 11.1. The van der Waals surface area contributed by atoms with Crippen LogP contribution in [-0.2, 0) is 23.7 Å². The lowest BCUT2D eigenvalue weighted by Gasteiger charge is -2.14. The van der Waals surface area contributed by atoms with Gasteiger partial charge >= 0.3 is 12.1 Å². The highest BCUT2D eigenvalue weighted by molar-refractivity contribution is 5.81. The zero-order chi connectivity index (χ0) is 10.7. The monoisotopic (exact) mass is 202 g/mol. The molecule has 1 aliphatic rings. The van der Waals surface area contributed by atoms with Gasteiger partial charge in [0, 0.05) is 0 Å². The van der Waals surface area contributed by atoms with E-state index in [0.717, 1.165) is 0 Å². The molecule has 6 heteroatoms. The summed E-state index contributed by atoms with van der Waals surface area (Å²) in [5.74, 6) is -0.578. The van der Waals surface area contributed by atoms with Crippen LogP contribution < -0.4 is 0 Å². The molecule has 0 aromatic carbocycles. The molecule has 0 N–H and O–H groups in total. The van der Waals surface area contributed by atoms with E-state index in [0.29, 0.717) is 0 Å². The number of carbonyl (C=O) groups excluding carboxylic acids is 2. The van der Waals surface area contributed by atoms with Crippen molar-refractivity contribution in [3.63, 3.8) is 0 Å². The summed E-state index contributed by atoms with van der Waals surface area (Å²) in [6, 6.07) is 0. The molecule has 14 heavy (non-hydrogen) atoms. The van der Waals surface area contributed by atoms with Crippen LogP contribution in [0.4, 0.5) is 4.79 Å². The van der Waals surface area contributed by atoms with Crippen LogP contribution in [0.15, 0.2) is 12.3 Å². The van der Waals surface area contributed by atoms with Crippen molar-refractivity contribution in [3.05, 3.63) is 12.3 Å². The minimum Gasteiger partial charge on any atom is -0.498 e. The highest BCUT2D eigenvalue weighted by Gasteiger charge is 2.45. The molecule has 1 aliphatic heterocycles. The topological polar surface area (TPSA) is 71.1 Å². The molecule has 0 aliphatic carbocycles. The van der Waals surface area contributed by atoms with E-state index in [9.17, 15) is 9.59 Å². The van der Waals surface area contributed by atoms with Crippen LogP contribution in [0.5, 0.6) is 0 Å². The Morgan fingerprint density at radius 2 is 1.86 bits per heavy atom. The predicted octanol–water partition coefficient (Wildman–Crippen LogP) is 0.223. The SMILES string of the molecule is C=C(OC)C1OC(=O)OC1C(=O)OC. The van der Waals surface area contributed by atoms with Gasteiger partial charge in [0.1, 0.15) is 5.76 Å². The zero-order valence-electron chi connectivity index (χ0n) is 7.81. The molecule has 0 saturated carbocycles. The van der Waals surface area contributed by atoms with Crippen LogP contribution in [0.1, 0.15) is 0 Å². The Kier molecular flexibility index (Phi) is 2.95. The number of methoxy groups -OCH3 is 2. The standard InChI is InChI=1S/C8H10O6/c1-4(11-2)5-6(7(9)12-3)14-8(10)13-5/h5-6H,1H2,2-3H3. The fourth-order valence-corrected chi connectivity index (χ4v) is 0.997. The third-order valence-electron chi connectivity index (χ3n) is 1.73. The maximum Gasteiger partial charge on any atom is 0.510 e. The van der Waals surface area contributed by atoms with Gasteiger partial charge < -0.3 is 18.9 Å². The first kappa shape index (κ1) is 10.4. The number of esters is 1. The Morgan fingerprint density at radius 3 is 2.36 bits per heavy atom. The molecule has 2 unspecified atom stereocenters. The van der Waals surface area contributed by atoms with Gasteiger partial charge in [-0.25, -0.2) is 9.59 Å². The van der Waals surface area contributed by atoms with Crippen LogP contribution in [0.3, 0.4) is 0 Å². The number of carbonyl (C=O) groups is 2. The lowest BCUT2D eigenvalue weighted by atomic mass is 10.2. The molecular weight excluding hydrogens is 192 g/mol. The first-order valence-corrected chi connectivity index (χ1v) is 3.78. The highest BCUT2D eigenvalue weighted by Crippen LogP contribution is 2.22. The minimum atomic E-state index is -1.14. The summed E-state index contributed by atoms with van der Waals surface area (Å²) >= 11 is 0. The quantitative estimate of drug-likeness (QED) is 0.481. The Hall–Kier alpha value is -1.72. The van der Waals surface area contributed by atoms with Crippen LogP contribution in [0.2, 0.25) is 0 Å². The predicted molar refractivity (Wildman–Crippen MR) is 43.3 cm³/mol. The maximum atomic E-state index is 11.1. The molecule has 78 valence electrons. The fraction of sp³-hybridized carbons (Fsp3) is 0.500. The Morgan fingerprint density at radius 1 is 1.29 bits per heavy atom. The second kappa shape index (κ2) is 3.99. The van der Waals surface area contributed by atoms with Crippen molar-refractivity contribution in [3.8, 4) is 0 Å². The Bertz CT molecular complexity index is 245. The van der Waals surface area contributed by atoms with Crippen molar-refractivity contribution in [2.24, 2.45) is 0 Å². The van der Waals surface area contributed by atoms with Crippen molar-refractivity contribution in [2.75, 3.05) is 14.2 Å². The van der Waals surface area contributed by atoms with Gasteiger partial charge in [0.2, 0.25) is 12.2 Å². The molecular formula is C8H10O6. The number of cyclic esters (lactones) is 2. The number of hydrogen-bond acceptors (Lipinski definition) is 6. The van der Waals surface area contributed by atoms with Crippen molar-refractivity contribution >= 4 is 12.1 Å². The minimum absolute atomic E-state index is 0.131. The number of ether oxygens (including phenoxy) is 4. The summed E-state index contributed by atoms with van der Waals surface area (Å²) < 4.78 is 18.4. The lowest BCUT2D eigenvalue weighted by molar-refractivity contribution is -0.150. The van der Waals surface area contributed by atoms with Gasteiger partial charge in [-0.2, -0.15) is 0 Å². The van der Waals surface area contributed by atoms with Gasteiger partial charge in [-0.1, -0.05) is 6.58 Å². The first-order valence-electron chi connectivity index (χ1n) is 3.78. The molecule has 0 amide bonds. The van der Waals surface area contributed by atoms with Crippen LogP contribution in [0.25, 0.3) is 0 Å². The van der Waals surface area contributed by atoms with Gasteiger partial charge in [-0.05, 0) is 0 Å². The summed E-state index contributed by atoms with van der Waals surface area (Å²) in [7, 11) is 2.53. The average Bonchev–Trinajstić information content (AvgIpc) is 2.58. The summed E-state index contributed by atoms with van der Waals surface area (Å²) in [4.78, 5) is 21.9. The molecule has 0 radical (unpaired) electrons. The van der Waals surface area contributed by atoms with Crippen LogP contribution in [-0.4, -0.2) is 38.6 Å². The van der Waals surface area contributed by atoms with Gasteiger partial charge in [0.15, 0.2) is 0 Å². The van der Waals surface area contributed by atoms with Crippen molar-refractivity contribution in [1.29, 1.82) is 0 Å². The van der Waals surface area contributed by atoms with Crippen LogP contribution >= 0.6 is 0 Å². The molecule has 0 bridgehead atoms. The molecule has 1 heterocycles. The molecule has 0 spiro atoms. The normalized spacial score (nSPS) is 24.9. The van der Waals surface area contributed by atoms with E-state index >= 15 is 0 Å². The average molecular weight is 202 g/mol. The van der Waals surface area contributed by atoms with Gasteiger partial charge in [-0.3, -0.25) is 0 Å². The van der Waals surface area contributed by atoms with Crippen LogP contribution in [0, 0.1) is 0 Å². The summed E-state index contributed by atoms with van der Waals surface area (Å²) in [6.07, 6.45) is -3.02. The fourth-order valence-electron chi connectivity index (χ4n) is 0.997. The van der Waals surface area contributed by atoms with E-state index in [4.69, 9.17) is 4.74 Å². The highest BCUT2D eigenvalue weighted by atomic mass is 16.8. The molecule has 1 rings (SSSR count). The number of rotatable bonds is 3. The third kappa shape index (κ3) is 1.78. The third-order valence-corrected chi connectivity index (χ3v) is 1.73. The first-order chi connectivity index (χ1) is 6.60. The molecule has 6 nitrogen and oxygen atoms in total. The largest absolute Gasteiger partial charge is 0.510 e. The van der Waals surface area contributed by atoms with Crippen molar-refractivity contribution in [2.45, 2.75) is 12.2 Å². The molecule has 0 aromatic rings. The molecule has 1 fully saturated rings. The molecule has 1 saturated heterocycles. The lowest BCUT2D eigenvalue weighted by Crippen LogP contribution is -2.33.